The summed E-state index contributed by atoms with van der Waals surface area (Å²) in [4.78, 5) is 27.7. The number of hydrogen-bond donors (Lipinski definition) is 1. The van der Waals surface area contributed by atoms with E-state index in [1.165, 1.54) is 0 Å². The van der Waals surface area contributed by atoms with Gasteiger partial charge >= 0.3 is 0 Å². The fourth-order valence-electron chi connectivity index (χ4n) is 3.51. The minimum absolute atomic E-state index is 0.0455. The van der Waals surface area contributed by atoms with Crippen molar-refractivity contribution in [3.63, 3.8) is 0 Å². The number of morpholine rings is 1. The molecular formula is C18H24ClN7O2. The third kappa shape index (κ3) is 4.26. The van der Waals surface area contributed by atoms with Crippen molar-refractivity contribution in [2.75, 3.05) is 57.4 Å². The van der Waals surface area contributed by atoms with Crippen LogP contribution < -0.4 is 4.90 Å². The van der Waals surface area contributed by atoms with E-state index in [9.17, 15) is 4.79 Å². The summed E-state index contributed by atoms with van der Waals surface area (Å²) in [5.74, 6) is 2.33. The quantitative estimate of drug-likeness (QED) is 0.810. The molecule has 2 fully saturated rings. The average molecular weight is 406 g/mol. The van der Waals surface area contributed by atoms with Crippen molar-refractivity contribution in [2.45, 2.75) is 13.5 Å². The molecule has 0 aromatic carbocycles. The van der Waals surface area contributed by atoms with Gasteiger partial charge in [-0.05, 0) is 13.0 Å². The summed E-state index contributed by atoms with van der Waals surface area (Å²) in [5, 5.41) is 7.58. The van der Waals surface area contributed by atoms with Crippen LogP contribution in [0.1, 0.15) is 22.0 Å². The summed E-state index contributed by atoms with van der Waals surface area (Å²) in [7, 11) is 0. The number of nitrogens with one attached hydrogen (secondary N) is 1. The fourth-order valence-corrected chi connectivity index (χ4v) is 3.79. The molecule has 2 aliphatic heterocycles. The topological polar surface area (TPSA) is 90.5 Å². The molecule has 10 heteroatoms. The Labute approximate surface area is 168 Å². The molecule has 0 atom stereocenters. The highest BCUT2D eigenvalue weighted by Gasteiger charge is 2.23. The predicted octanol–water partition coefficient (Wildman–Crippen LogP) is 0.956. The van der Waals surface area contributed by atoms with Crippen LogP contribution in [0.5, 0.6) is 0 Å². The molecule has 4 rings (SSSR count). The van der Waals surface area contributed by atoms with Crippen LogP contribution in [-0.2, 0) is 11.3 Å². The Morgan fingerprint density at radius 1 is 1.21 bits per heavy atom. The van der Waals surface area contributed by atoms with Gasteiger partial charge in [0.2, 0.25) is 0 Å². The van der Waals surface area contributed by atoms with Crippen molar-refractivity contribution in [3.05, 3.63) is 34.5 Å². The zero-order valence-corrected chi connectivity index (χ0v) is 16.7. The van der Waals surface area contributed by atoms with Gasteiger partial charge in [-0.3, -0.25) is 14.8 Å². The summed E-state index contributed by atoms with van der Waals surface area (Å²) in [6, 6.07) is 1.73. The lowest BCUT2D eigenvalue weighted by Crippen LogP contribution is -2.46. The number of rotatable bonds is 4. The Hall–Kier alpha value is -2.23. The van der Waals surface area contributed by atoms with Crippen LogP contribution in [0.25, 0.3) is 0 Å². The molecule has 0 saturated carbocycles. The second kappa shape index (κ2) is 8.42. The number of amides is 1. The van der Waals surface area contributed by atoms with Crippen LogP contribution in [0.2, 0.25) is 5.02 Å². The van der Waals surface area contributed by atoms with Gasteiger partial charge in [0, 0.05) is 45.5 Å². The molecule has 1 N–H and O–H groups in total. The molecule has 0 unspecified atom stereocenters. The van der Waals surface area contributed by atoms with Crippen molar-refractivity contribution in [2.24, 2.45) is 0 Å². The van der Waals surface area contributed by atoms with Gasteiger partial charge in [0.1, 0.15) is 11.6 Å². The second-order valence-corrected chi connectivity index (χ2v) is 7.44. The van der Waals surface area contributed by atoms with Crippen molar-refractivity contribution >= 4 is 23.3 Å². The molecule has 2 aromatic rings. The number of carbonyl (C=O) groups is 1. The summed E-state index contributed by atoms with van der Waals surface area (Å²) >= 11 is 6.48. The van der Waals surface area contributed by atoms with E-state index in [1.54, 1.807) is 17.2 Å². The number of nitrogens with zero attached hydrogens (tertiary/aromatic N) is 6. The average Bonchev–Trinajstić information content (AvgIpc) is 3.13. The number of pyridine rings is 1. The number of aryl methyl sites for hydroxylation is 1. The molecule has 4 heterocycles. The summed E-state index contributed by atoms with van der Waals surface area (Å²) in [6.07, 6.45) is 1.63. The third-order valence-electron chi connectivity index (χ3n) is 5.05. The van der Waals surface area contributed by atoms with Crippen LogP contribution in [0.15, 0.2) is 12.3 Å². The molecule has 1 amide bonds. The van der Waals surface area contributed by atoms with E-state index in [-0.39, 0.29) is 5.91 Å². The first-order chi connectivity index (χ1) is 13.6. The van der Waals surface area contributed by atoms with E-state index in [0.717, 1.165) is 50.2 Å². The van der Waals surface area contributed by atoms with E-state index in [2.05, 4.69) is 30.0 Å². The van der Waals surface area contributed by atoms with Gasteiger partial charge in [0.25, 0.3) is 5.91 Å². The number of anilines is 1. The Bertz CT molecular complexity index is 829. The Balaban J connectivity index is 1.36. The minimum atomic E-state index is -0.0455. The number of halogens is 1. The number of piperazine rings is 1. The van der Waals surface area contributed by atoms with E-state index in [1.807, 2.05) is 6.92 Å². The van der Waals surface area contributed by atoms with Gasteiger partial charge in [0.05, 0.1) is 30.3 Å². The zero-order valence-electron chi connectivity index (χ0n) is 15.9. The molecule has 0 spiro atoms. The molecule has 0 radical (unpaired) electrons. The third-order valence-corrected chi connectivity index (χ3v) is 5.33. The molecule has 2 aliphatic rings. The second-order valence-electron chi connectivity index (χ2n) is 7.03. The molecule has 2 saturated heterocycles. The number of aromatic amines is 1. The largest absolute Gasteiger partial charge is 0.378 e. The smallest absolute Gasteiger partial charge is 0.255 e. The van der Waals surface area contributed by atoms with Crippen LogP contribution in [-0.4, -0.2) is 88.4 Å². The standard InChI is InChI=1S/C18H24ClN7O2/c1-13-21-16(23-22-13)12-24-2-4-25(5-3-24)17-15(19)10-14(11-20-17)18(27)26-6-8-28-9-7-26/h10-11H,2-9,12H2,1H3,(H,21,22,23). The Kier molecular flexibility index (Phi) is 5.74. The highest BCUT2D eigenvalue weighted by molar-refractivity contribution is 6.33. The molecule has 150 valence electrons. The first-order valence-corrected chi connectivity index (χ1v) is 9.86. The first-order valence-electron chi connectivity index (χ1n) is 9.48. The lowest BCUT2D eigenvalue weighted by atomic mass is 10.2. The van der Waals surface area contributed by atoms with Gasteiger partial charge in [0.15, 0.2) is 5.82 Å². The zero-order chi connectivity index (χ0) is 19.5. The number of carbonyl (C=O) groups excluding carboxylic acids is 1. The van der Waals surface area contributed by atoms with Crippen LogP contribution in [0.4, 0.5) is 5.82 Å². The lowest BCUT2D eigenvalue weighted by molar-refractivity contribution is 0.0302. The summed E-state index contributed by atoms with van der Waals surface area (Å²) < 4.78 is 5.30. The summed E-state index contributed by atoms with van der Waals surface area (Å²) in [5.41, 5.74) is 0.522. The monoisotopic (exact) mass is 405 g/mol. The van der Waals surface area contributed by atoms with E-state index in [0.29, 0.717) is 36.9 Å². The van der Waals surface area contributed by atoms with Crippen molar-refractivity contribution < 1.29 is 9.53 Å². The summed E-state index contributed by atoms with van der Waals surface area (Å²) in [6.45, 7) is 8.35. The van der Waals surface area contributed by atoms with Crippen LogP contribution >= 0.6 is 11.6 Å². The predicted molar refractivity (Wildman–Crippen MR) is 105 cm³/mol. The number of hydrogen-bond acceptors (Lipinski definition) is 7. The van der Waals surface area contributed by atoms with Crippen molar-refractivity contribution in [1.82, 2.24) is 30.0 Å². The molecule has 0 bridgehead atoms. The van der Waals surface area contributed by atoms with Crippen molar-refractivity contribution in [3.8, 4) is 0 Å². The fraction of sp³-hybridized carbons (Fsp3) is 0.556. The first kappa shape index (κ1) is 19.1. The molecular weight excluding hydrogens is 382 g/mol. The molecule has 0 aliphatic carbocycles. The Morgan fingerprint density at radius 3 is 2.61 bits per heavy atom. The van der Waals surface area contributed by atoms with Gasteiger partial charge in [-0.1, -0.05) is 11.6 Å². The number of ether oxygens (including phenoxy) is 1. The molecule has 28 heavy (non-hydrogen) atoms. The maximum Gasteiger partial charge on any atom is 0.255 e. The van der Waals surface area contributed by atoms with Gasteiger partial charge in [-0.2, -0.15) is 5.10 Å². The van der Waals surface area contributed by atoms with Crippen molar-refractivity contribution in [1.29, 1.82) is 0 Å². The maximum atomic E-state index is 12.6. The molecule has 2 aromatic heterocycles. The van der Waals surface area contributed by atoms with E-state index < -0.39 is 0 Å². The van der Waals surface area contributed by atoms with Crippen LogP contribution in [0, 0.1) is 6.92 Å². The lowest BCUT2D eigenvalue weighted by Gasteiger charge is -2.35. The van der Waals surface area contributed by atoms with Gasteiger partial charge in [-0.25, -0.2) is 9.97 Å². The number of H-pyrrole nitrogens is 1. The van der Waals surface area contributed by atoms with E-state index >= 15 is 0 Å². The van der Waals surface area contributed by atoms with E-state index in [4.69, 9.17) is 16.3 Å². The molecule has 9 nitrogen and oxygen atoms in total. The van der Waals surface area contributed by atoms with Gasteiger partial charge in [-0.15, -0.1) is 0 Å². The Morgan fingerprint density at radius 2 is 1.96 bits per heavy atom. The minimum Gasteiger partial charge on any atom is -0.378 e. The SMILES string of the molecule is Cc1nc(CN2CCN(c3ncc(C(=O)N4CCOCC4)cc3Cl)CC2)n[nH]1. The highest BCUT2D eigenvalue weighted by Crippen LogP contribution is 2.26. The van der Waals surface area contributed by atoms with Crippen LogP contribution in [0.3, 0.4) is 0 Å². The highest BCUT2D eigenvalue weighted by atomic mass is 35.5. The maximum absolute atomic E-state index is 12.6. The number of aromatic nitrogens is 4. The normalized spacial score (nSPS) is 18.5. The van der Waals surface area contributed by atoms with Gasteiger partial charge < -0.3 is 14.5 Å².